The number of carbonyl (C=O) groups is 2. The molecule has 0 saturated carbocycles. The summed E-state index contributed by atoms with van der Waals surface area (Å²) in [6, 6.07) is 2.00. The van der Waals surface area contributed by atoms with Gasteiger partial charge in [0, 0.05) is 24.0 Å². The van der Waals surface area contributed by atoms with Crippen molar-refractivity contribution in [2.24, 2.45) is 11.7 Å². The molecule has 5 nitrogen and oxygen atoms in total. The minimum absolute atomic E-state index is 0.0394. The number of piperidine rings is 1. The van der Waals surface area contributed by atoms with Gasteiger partial charge < -0.3 is 10.6 Å². The van der Waals surface area contributed by atoms with E-state index in [1.165, 1.54) is 11.3 Å². The fourth-order valence-corrected chi connectivity index (χ4v) is 4.39. The molecular formula is C15H17N3O2S2. The number of hydrogen-bond donors (Lipinski definition) is 1. The molecule has 0 bridgehead atoms. The van der Waals surface area contributed by atoms with E-state index in [-0.39, 0.29) is 17.7 Å². The number of primary amides is 1. The van der Waals surface area contributed by atoms with E-state index < -0.39 is 0 Å². The van der Waals surface area contributed by atoms with E-state index in [0.717, 1.165) is 29.1 Å². The Hall–Kier alpha value is -1.73. The van der Waals surface area contributed by atoms with Crippen molar-refractivity contribution in [1.82, 2.24) is 9.88 Å². The summed E-state index contributed by atoms with van der Waals surface area (Å²) in [6.45, 7) is 2.95. The number of likely N-dealkylation sites (tertiary alicyclic amines) is 1. The minimum Gasteiger partial charge on any atom is -0.369 e. The normalized spacial score (nSPS) is 18.4. The molecule has 3 rings (SSSR count). The first-order valence-corrected chi connectivity index (χ1v) is 8.91. The Kier molecular flexibility index (Phi) is 4.26. The first kappa shape index (κ1) is 15.2. The number of carbonyl (C=O) groups excluding carboxylic acids is 2. The van der Waals surface area contributed by atoms with E-state index in [2.05, 4.69) is 4.98 Å². The van der Waals surface area contributed by atoms with E-state index in [4.69, 9.17) is 5.73 Å². The van der Waals surface area contributed by atoms with Crippen molar-refractivity contribution in [3.8, 4) is 10.6 Å². The van der Waals surface area contributed by atoms with Crippen LogP contribution in [-0.4, -0.2) is 34.8 Å². The summed E-state index contributed by atoms with van der Waals surface area (Å²) in [5.41, 5.74) is 7.18. The number of amides is 2. The molecule has 3 heterocycles. The van der Waals surface area contributed by atoms with E-state index in [1.807, 2.05) is 23.8 Å². The third kappa shape index (κ3) is 2.91. The molecule has 1 saturated heterocycles. The maximum Gasteiger partial charge on any atom is 0.265 e. The molecule has 22 heavy (non-hydrogen) atoms. The molecule has 0 spiro atoms. The lowest BCUT2D eigenvalue weighted by Crippen LogP contribution is -2.44. The van der Waals surface area contributed by atoms with Crippen LogP contribution in [0.4, 0.5) is 0 Å². The predicted octanol–water partition coefficient (Wildman–Crippen LogP) is 2.52. The molecular weight excluding hydrogens is 318 g/mol. The van der Waals surface area contributed by atoms with Gasteiger partial charge in [0.1, 0.15) is 9.88 Å². The molecule has 2 N–H and O–H groups in total. The summed E-state index contributed by atoms with van der Waals surface area (Å²) in [4.78, 5) is 31.0. The molecule has 1 unspecified atom stereocenters. The number of rotatable bonds is 3. The summed E-state index contributed by atoms with van der Waals surface area (Å²) in [5.74, 6) is -0.595. The van der Waals surface area contributed by atoms with Crippen LogP contribution in [0.5, 0.6) is 0 Å². The molecule has 116 valence electrons. The van der Waals surface area contributed by atoms with Gasteiger partial charge in [0.25, 0.3) is 5.91 Å². The lowest BCUT2D eigenvalue weighted by atomic mass is 9.97. The van der Waals surface area contributed by atoms with Crippen LogP contribution >= 0.6 is 22.7 Å². The van der Waals surface area contributed by atoms with E-state index >= 15 is 0 Å². The predicted molar refractivity (Wildman–Crippen MR) is 88.0 cm³/mol. The summed E-state index contributed by atoms with van der Waals surface area (Å²) in [5, 5.41) is 4.89. The van der Waals surface area contributed by atoms with Crippen molar-refractivity contribution in [2.75, 3.05) is 13.1 Å². The number of thiazole rings is 1. The van der Waals surface area contributed by atoms with Gasteiger partial charge >= 0.3 is 0 Å². The van der Waals surface area contributed by atoms with Crippen LogP contribution < -0.4 is 5.73 Å². The van der Waals surface area contributed by atoms with Crippen LogP contribution in [0.3, 0.4) is 0 Å². The maximum atomic E-state index is 12.7. The van der Waals surface area contributed by atoms with Gasteiger partial charge in [-0.1, -0.05) is 0 Å². The third-order valence-corrected chi connectivity index (χ3v) is 5.75. The number of nitrogens with two attached hydrogens (primary N) is 1. The van der Waals surface area contributed by atoms with Crippen molar-refractivity contribution in [3.05, 3.63) is 27.4 Å². The average Bonchev–Trinajstić information content (AvgIpc) is 3.16. The van der Waals surface area contributed by atoms with E-state index in [9.17, 15) is 9.59 Å². The molecule has 7 heteroatoms. The largest absolute Gasteiger partial charge is 0.369 e. The molecule has 1 atom stereocenters. The summed E-state index contributed by atoms with van der Waals surface area (Å²) in [7, 11) is 0. The van der Waals surface area contributed by atoms with E-state index in [1.54, 1.807) is 16.2 Å². The van der Waals surface area contributed by atoms with E-state index in [0.29, 0.717) is 18.0 Å². The van der Waals surface area contributed by atoms with Crippen LogP contribution in [0, 0.1) is 12.8 Å². The lowest BCUT2D eigenvalue weighted by molar-refractivity contribution is -0.123. The Bertz CT molecular complexity index is 694. The Morgan fingerprint density at radius 1 is 1.45 bits per heavy atom. The first-order valence-electron chi connectivity index (χ1n) is 7.15. The summed E-state index contributed by atoms with van der Waals surface area (Å²) < 4.78 is 0. The van der Waals surface area contributed by atoms with Gasteiger partial charge in [-0.15, -0.1) is 11.3 Å². The molecule has 1 fully saturated rings. The zero-order chi connectivity index (χ0) is 15.7. The van der Waals surface area contributed by atoms with Crippen LogP contribution in [-0.2, 0) is 4.79 Å². The molecule has 2 aromatic heterocycles. The second-order valence-corrected chi connectivity index (χ2v) is 7.22. The first-order chi connectivity index (χ1) is 10.6. The molecule has 1 aliphatic rings. The van der Waals surface area contributed by atoms with Crippen LogP contribution in [0.25, 0.3) is 10.6 Å². The van der Waals surface area contributed by atoms with Gasteiger partial charge in [0.2, 0.25) is 5.91 Å². The van der Waals surface area contributed by atoms with Crippen molar-refractivity contribution >= 4 is 34.5 Å². The highest BCUT2D eigenvalue weighted by atomic mass is 32.1. The highest BCUT2D eigenvalue weighted by molar-refractivity contribution is 7.17. The topological polar surface area (TPSA) is 76.3 Å². The summed E-state index contributed by atoms with van der Waals surface area (Å²) in [6.07, 6.45) is 1.58. The van der Waals surface area contributed by atoms with Crippen molar-refractivity contribution in [3.63, 3.8) is 0 Å². The molecule has 0 radical (unpaired) electrons. The zero-order valence-electron chi connectivity index (χ0n) is 12.2. The molecule has 1 aliphatic heterocycles. The van der Waals surface area contributed by atoms with Gasteiger partial charge in [-0.2, -0.15) is 11.3 Å². The van der Waals surface area contributed by atoms with Crippen LogP contribution in [0.2, 0.25) is 0 Å². The Morgan fingerprint density at radius 3 is 2.95 bits per heavy atom. The SMILES string of the molecule is Cc1nc(-c2ccsc2)sc1C(=O)N1CCCC(C(N)=O)C1. The number of aryl methyl sites for hydroxylation is 1. The van der Waals surface area contributed by atoms with Gasteiger partial charge in [0.15, 0.2) is 0 Å². The smallest absolute Gasteiger partial charge is 0.265 e. The second-order valence-electron chi connectivity index (χ2n) is 5.44. The molecule has 2 aromatic rings. The summed E-state index contributed by atoms with van der Waals surface area (Å²) >= 11 is 3.03. The quantitative estimate of drug-likeness (QED) is 0.936. The van der Waals surface area contributed by atoms with Crippen molar-refractivity contribution < 1.29 is 9.59 Å². The fourth-order valence-electron chi connectivity index (χ4n) is 2.64. The third-order valence-electron chi connectivity index (χ3n) is 3.87. The number of hydrogen-bond acceptors (Lipinski definition) is 5. The van der Waals surface area contributed by atoms with Gasteiger partial charge in [-0.05, 0) is 31.2 Å². The second kappa shape index (κ2) is 6.18. The highest BCUT2D eigenvalue weighted by Crippen LogP contribution is 2.31. The van der Waals surface area contributed by atoms with Gasteiger partial charge in [-0.3, -0.25) is 9.59 Å². The minimum atomic E-state index is -0.322. The number of aromatic nitrogens is 1. The van der Waals surface area contributed by atoms with Crippen LogP contribution in [0.1, 0.15) is 28.2 Å². The Balaban J connectivity index is 1.82. The number of thiophene rings is 1. The average molecular weight is 335 g/mol. The molecule has 0 aliphatic carbocycles. The standard InChI is InChI=1S/C15H17N3O2S2/c1-9-12(22-14(17-9)11-4-6-21-8-11)15(20)18-5-2-3-10(7-18)13(16)19/h4,6,8,10H,2-3,5,7H2,1H3,(H2,16,19). The maximum absolute atomic E-state index is 12.7. The zero-order valence-corrected chi connectivity index (χ0v) is 13.9. The number of nitrogens with zero attached hydrogens (tertiary/aromatic N) is 2. The highest BCUT2D eigenvalue weighted by Gasteiger charge is 2.29. The Morgan fingerprint density at radius 2 is 2.27 bits per heavy atom. The van der Waals surface area contributed by atoms with Crippen molar-refractivity contribution in [1.29, 1.82) is 0 Å². The van der Waals surface area contributed by atoms with Crippen LogP contribution in [0.15, 0.2) is 16.8 Å². The molecule has 0 aromatic carbocycles. The molecule has 2 amide bonds. The van der Waals surface area contributed by atoms with Crippen molar-refractivity contribution in [2.45, 2.75) is 19.8 Å². The van der Waals surface area contributed by atoms with Gasteiger partial charge in [-0.25, -0.2) is 4.98 Å². The van der Waals surface area contributed by atoms with Gasteiger partial charge in [0.05, 0.1) is 11.6 Å². The fraction of sp³-hybridized carbons (Fsp3) is 0.400. The monoisotopic (exact) mass is 335 g/mol. The lowest BCUT2D eigenvalue weighted by Gasteiger charge is -2.30. The Labute approximate surface area is 136 Å².